The lowest BCUT2D eigenvalue weighted by atomic mass is 9.86. The standard InChI is InChI=1S/C14H26O2P/c1-2-14(11-7-4-8-12-14)17(15)16-13-9-5-3-6-10-13/h13H,2-12H2,1H3/q+1. The molecule has 0 N–H and O–H groups in total. The Morgan fingerprint density at radius 3 is 2.24 bits per heavy atom. The van der Waals surface area contributed by atoms with E-state index in [9.17, 15) is 4.57 Å². The molecule has 98 valence electrons. The Hall–Kier alpha value is 0.0600. The van der Waals surface area contributed by atoms with Gasteiger partial charge in [0, 0.05) is 0 Å². The van der Waals surface area contributed by atoms with Crippen LogP contribution < -0.4 is 0 Å². The van der Waals surface area contributed by atoms with Crippen molar-refractivity contribution in [2.75, 3.05) is 0 Å². The summed E-state index contributed by atoms with van der Waals surface area (Å²) in [5.74, 6) is 0. The summed E-state index contributed by atoms with van der Waals surface area (Å²) in [4.78, 5) is 0. The number of hydrogen-bond acceptors (Lipinski definition) is 2. The summed E-state index contributed by atoms with van der Waals surface area (Å²) in [7, 11) is -1.46. The molecule has 2 rings (SSSR count). The van der Waals surface area contributed by atoms with E-state index in [1.807, 2.05) is 0 Å². The second-order valence-corrected chi connectivity index (χ2v) is 7.43. The summed E-state index contributed by atoms with van der Waals surface area (Å²) in [5, 5.41) is 0.0189. The van der Waals surface area contributed by atoms with E-state index in [2.05, 4.69) is 6.92 Å². The summed E-state index contributed by atoms with van der Waals surface area (Å²) in [6, 6.07) is 0. The van der Waals surface area contributed by atoms with E-state index in [-0.39, 0.29) is 11.3 Å². The van der Waals surface area contributed by atoms with Crippen LogP contribution in [-0.2, 0) is 9.09 Å². The van der Waals surface area contributed by atoms with Gasteiger partial charge in [-0.15, -0.1) is 4.52 Å². The van der Waals surface area contributed by atoms with Crippen LogP contribution >= 0.6 is 8.03 Å². The van der Waals surface area contributed by atoms with Crippen molar-refractivity contribution in [3.05, 3.63) is 0 Å². The van der Waals surface area contributed by atoms with E-state index in [1.165, 1.54) is 38.5 Å². The first-order chi connectivity index (χ1) is 8.27. The van der Waals surface area contributed by atoms with Crippen molar-refractivity contribution in [3.63, 3.8) is 0 Å². The highest BCUT2D eigenvalue weighted by Gasteiger charge is 2.51. The lowest BCUT2D eigenvalue weighted by molar-refractivity contribution is 0.154. The molecule has 1 atom stereocenters. The molecule has 0 aromatic rings. The zero-order chi connectivity index (χ0) is 12.1. The van der Waals surface area contributed by atoms with Gasteiger partial charge in [0.25, 0.3) is 0 Å². The Morgan fingerprint density at radius 2 is 1.65 bits per heavy atom. The van der Waals surface area contributed by atoms with Crippen molar-refractivity contribution in [1.29, 1.82) is 0 Å². The number of rotatable bonds is 4. The fourth-order valence-electron chi connectivity index (χ4n) is 3.29. The first-order valence-electron chi connectivity index (χ1n) is 7.41. The van der Waals surface area contributed by atoms with E-state index in [0.29, 0.717) is 0 Å². The quantitative estimate of drug-likeness (QED) is 0.648. The van der Waals surface area contributed by atoms with E-state index in [1.54, 1.807) is 0 Å². The predicted octanol–water partition coefficient (Wildman–Crippen LogP) is 5.19. The molecule has 0 aromatic heterocycles. The topological polar surface area (TPSA) is 26.3 Å². The summed E-state index contributed by atoms with van der Waals surface area (Å²) in [6.07, 6.45) is 13.4. The van der Waals surface area contributed by atoms with Crippen molar-refractivity contribution in [2.45, 2.75) is 88.8 Å². The van der Waals surface area contributed by atoms with Gasteiger partial charge < -0.3 is 0 Å². The summed E-state index contributed by atoms with van der Waals surface area (Å²) in [5.41, 5.74) is 0. The average molecular weight is 257 g/mol. The molecular formula is C14H26O2P+. The largest absolute Gasteiger partial charge is 0.514 e. The summed E-state index contributed by atoms with van der Waals surface area (Å²) in [6.45, 7) is 2.18. The van der Waals surface area contributed by atoms with Crippen LogP contribution in [0.3, 0.4) is 0 Å². The minimum Gasteiger partial charge on any atom is -0.143 e. The van der Waals surface area contributed by atoms with Crippen LogP contribution in [0.15, 0.2) is 0 Å². The van der Waals surface area contributed by atoms with Crippen LogP contribution in [0.5, 0.6) is 0 Å². The molecule has 0 spiro atoms. The van der Waals surface area contributed by atoms with Crippen LogP contribution in [0.25, 0.3) is 0 Å². The lowest BCUT2D eigenvalue weighted by Crippen LogP contribution is -2.29. The van der Waals surface area contributed by atoms with Crippen molar-refractivity contribution in [1.82, 2.24) is 0 Å². The third kappa shape index (κ3) is 3.29. The van der Waals surface area contributed by atoms with E-state index in [0.717, 1.165) is 32.1 Å². The van der Waals surface area contributed by atoms with Crippen molar-refractivity contribution in [3.8, 4) is 0 Å². The van der Waals surface area contributed by atoms with Gasteiger partial charge in [-0.25, -0.2) is 0 Å². The predicted molar refractivity (Wildman–Crippen MR) is 71.7 cm³/mol. The molecule has 0 aliphatic heterocycles. The third-order valence-electron chi connectivity index (χ3n) is 4.63. The monoisotopic (exact) mass is 257 g/mol. The van der Waals surface area contributed by atoms with Crippen LogP contribution in [-0.4, -0.2) is 11.3 Å². The molecule has 0 radical (unpaired) electrons. The molecule has 1 unspecified atom stereocenters. The van der Waals surface area contributed by atoms with Gasteiger partial charge in [0.15, 0.2) is 5.16 Å². The van der Waals surface area contributed by atoms with Crippen LogP contribution in [0, 0.1) is 0 Å². The number of hydrogen-bond donors (Lipinski definition) is 0. The van der Waals surface area contributed by atoms with E-state index in [4.69, 9.17) is 4.52 Å². The summed E-state index contributed by atoms with van der Waals surface area (Å²) >= 11 is 0. The smallest absolute Gasteiger partial charge is 0.143 e. The summed E-state index contributed by atoms with van der Waals surface area (Å²) < 4.78 is 18.5. The highest BCUT2D eigenvalue weighted by atomic mass is 31.1. The fraction of sp³-hybridized carbons (Fsp3) is 1.00. The first kappa shape index (κ1) is 13.5. The Bertz CT molecular complexity index is 253. The van der Waals surface area contributed by atoms with E-state index < -0.39 is 8.03 Å². The maximum atomic E-state index is 12.5. The molecule has 17 heavy (non-hydrogen) atoms. The molecule has 0 aromatic carbocycles. The SMILES string of the molecule is CCC1([P+](=O)OC2CCCCC2)CCCCC1. The van der Waals surface area contributed by atoms with Crippen LogP contribution in [0.1, 0.15) is 77.6 Å². The van der Waals surface area contributed by atoms with Gasteiger partial charge in [0.2, 0.25) is 0 Å². The molecule has 2 saturated carbocycles. The highest BCUT2D eigenvalue weighted by Crippen LogP contribution is 2.53. The second-order valence-electron chi connectivity index (χ2n) is 5.76. The van der Waals surface area contributed by atoms with E-state index >= 15 is 0 Å². The van der Waals surface area contributed by atoms with Gasteiger partial charge in [-0.2, -0.15) is 0 Å². The Morgan fingerprint density at radius 1 is 1.06 bits per heavy atom. The van der Waals surface area contributed by atoms with Crippen LogP contribution in [0.2, 0.25) is 0 Å². The Kier molecular flexibility index (Phi) is 4.99. The third-order valence-corrected chi connectivity index (χ3v) is 6.65. The van der Waals surface area contributed by atoms with Crippen molar-refractivity contribution in [2.24, 2.45) is 0 Å². The average Bonchev–Trinajstić information content (AvgIpc) is 2.40. The molecule has 0 bridgehead atoms. The Balaban J connectivity index is 1.91. The van der Waals surface area contributed by atoms with Gasteiger partial charge in [0.1, 0.15) is 6.10 Å². The molecule has 2 aliphatic carbocycles. The molecular weight excluding hydrogens is 231 g/mol. The second kappa shape index (κ2) is 6.29. The molecule has 3 heteroatoms. The van der Waals surface area contributed by atoms with Gasteiger partial charge in [-0.3, -0.25) is 0 Å². The fourth-order valence-corrected chi connectivity index (χ4v) is 4.94. The van der Waals surface area contributed by atoms with Gasteiger partial charge in [0.05, 0.1) is 0 Å². The maximum absolute atomic E-state index is 12.5. The Labute approximate surface area is 106 Å². The zero-order valence-corrected chi connectivity index (χ0v) is 12.0. The van der Waals surface area contributed by atoms with Crippen molar-refractivity contribution >= 4 is 8.03 Å². The normalized spacial score (nSPS) is 26.8. The molecule has 2 nitrogen and oxygen atoms in total. The first-order valence-corrected chi connectivity index (χ1v) is 8.59. The minimum absolute atomic E-state index is 0.0189. The van der Waals surface area contributed by atoms with Gasteiger partial charge in [-0.1, -0.05) is 32.6 Å². The minimum atomic E-state index is -1.46. The molecule has 2 fully saturated rings. The van der Waals surface area contributed by atoms with Gasteiger partial charge >= 0.3 is 8.03 Å². The zero-order valence-electron chi connectivity index (χ0n) is 11.1. The molecule has 0 heterocycles. The maximum Gasteiger partial charge on any atom is 0.514 e. The highest BCUT2D eigenvalue weighted by molar-refractivity contribution is 7.41. The lowest BCUT2D eigenvalue weighted by Gasteiger charge is -2.27. The molecule has 0 amide bonds. The van der Waals surface area contributed by atoms with Gasteiger partial charge in [-0.05, 0) is 49.5 Å². The van der Waals surface area contributed by atoms with Crippen molar-refractivity contribution < 1.29 is 9.09 Å². The molecule has 0 saturated heterocycles. The van der Waals surface area contributed by atoms with Crippen LogP contribution in [0.4, 0.5) is 0 Å². The molecule has 2 aliphatic rings.